The lowest BCUT2D eigenvalue weighted by Crippen LogP contribution is -2.44. The van der Waals surface area contributed by atoms with E-state index in [9.17, 15) is 9.59 Å². The molecule has 2 aliphatic carbocycles. The predicted molar refractivity (Wildman–Crippen MR) is 99.3 cm³/mol. The second kappa shape index (κ2) is 6.33. The Bertz CT molecular complexity index is 693. The lowest BCUT2D eigenvalue weighted by Gasteiger charge is -2.49. The third-order valence-corrected chi connectivity index (χ3v) is 7.32. The van der Waals surface area contributed by atoms with Gasteiger partial charge < -0.3 is 14.2 Å². The van der Waals surface area contributed by atoms with Gasteiger partial charge in [-0.2, -0.15) is 0 Å². The molecule has 0 spiro atoms. The van der Waals surface area contributed by atoms with Gasteiger partial charge >= 0.3 is 11.9 Å². The highest BCUT2D eigenvalue weighted by atomic mass is 16.8. The van der Waals surface area contributed by atoms with Gasteiger partial charge in [0.15, 0.2) is 0 Å². The third-order valence-electron chi connectivity index (χ3n) is 7.32. The zero-order valence-corrected chi connectivity index (χ0v) is 17.2. The summed E-state index contributed by atoms with van der Waals surface area (Å²) in [6.45, 7) is 10.5. The standard InChI is InChI=1S/C22H32O5/c1-12-16-15(22(5)10-6-9-21(3,4)11-22)8-7-14-17(16)20(26-18(12)24)27-19(14)25-13(2)23/h12,14,17,19-20H,6-11H2,1-5H3. The van der Waals surface area contributed by atoms with Crippen LogP contribution in [-0.2, 0) is 23.8 Å². The number of hydrogen-bond donors (Lipinski definition) is 0. The second-order valence-electron chi connectivity index (χ2n) is 10.1. The van der Waals surface area contributed by atoms with Crippen molar-refractivity contribution in [1.82, 2.24) is 0 Å². The molecule has 5 nitrogen and oxygen atoms in total. The maximum absolute atomic E-state index is 12.6. The fourth-order valence-corrected chi connectivity index (χ4v) is 6.41. The highest BCUT2D eigenvalue weighted by Crippen LogP contribution is 2.59. The third kappa shape index (κ3) is 3.12. The van der Waals surface area contributed by atoms with Gasteiger partial charge in [-0.3, -0.25) is 9.59 Å². The predicted octanol–water partition coefficient (Wildman–Crippen LogP) is 4.35. The zero-order valence-electron chi connectivity index (χ0n) is 17.2. The average Bonchev–Trinajstić information content (AvgIpc) is 2.88. The molecule has 6 atom stereocenters. The first-order chi connectivity index (χ1) is 12.6. The summed E-state index contributed by atoms with van der Waals surface area (Å²) in [7, 11) is 0. The first-order valence-electron chi connectivity index (χ1n) is 10.4. The van der Waals surface area contributed by atoms with Crippen LogP contribution in [0, 0.1) is 28.6 Å². The van der Waals surface area contributed by atoms with Crippen LogP contribution in [0.25, 0.3) is 0 Å². The molecule has 2 saturated heterocycles. The Hall–Kier alpha value is -1.36. The molecule has 2 heterocycles. The van der Waals surface area contributed by atoms with E-state index in [4.69, 9.17) is 14.2 Å². The fraction of sp³-hybridized carbons (Fsp3) is 0.818. The summed E-state index contributed by atoms with van der Waals surface area (Å²) >= 11 is 0. The lowest BCUT2D eigenvalue weighted by atomic mass is 9.56. The summed E-state index contributed by atoms with van der Waals surface area (Å²) in [6.07, 6.45) is 5.45. The van der Waals surface area contributed by atoms with Crippen LogP contribution in [-0.4, -0.2) is 24.5 Å². The molecule has 3 fully saturated rings. The summed E-state index contributed by atoms with van der Waals surface area (Å²) in [5.41, 5.74) is 3.12. The van der Waals surface area contributed by atoms with Crippen LogP contribution < -0.4 is 0 Å². The van der Waals surface area contributed by atoms with E-state index in [1.54, 1.807) is 0 Å². The molecule has 4 aliphatic rings. The maximum atomic E-state index is 12.6. The monoisotopic (exact) mass is 376 g/mol. The topological polar surface area (TPSA) is 61.8 Å². The van der Waals surface area contributed by atoms with E-state index < -0.39 is 12.6 Å². The molecule has 5 heteroatoms. The van der Waals surface area contributed by atoms with Gasteiger partial charge in [0.2, 0.25) is 12.6 Å². The van der Waals surface area contributed by atoms with Gasteiger partial charge in [-0.15, -0.1) is 0 Å². The molecule has 0 radical (unpaired) electrons. The lowest BCUT2D eigenvalue weighted by molar-refractivity contribution is -0.219. The fourth-order valence-electron chi connectivity index (χ4n) is 6.41. The molecule has 0 N–H and O–H groups in total. The second-order valence-corrected chi connectivity index (χ2v) is 10.1. The van der Waals surface area contributed by atoms with Crippen LogP contribution in [0.4, 0.5) is 0 Å². The summed E-state index contributed by atoms with van der Waals surface area (Å²) < 4.78 is 16.9. The van der Waals surface area contributed by atoms with Gasteiger partial charge in [-0.25, -0.2) is 0 Å². The van der Waals surface area contributed by atoms with Crippen LogP contribution in [0.3, 0.4) is 0 Å². The summed E-state index contributed by atoms with van der Waals surface area (Å²) in [5.74, 6) is -0.714. The molecule has 0 aromatic rings. The van der Waals surface area contributed by atoms with Crippen molar-refractivity contribution in [3.8, 4) is 0 Å². The van der Waals surface area contributed by atoms with E-state index in [2.05, 4.69) is 20.8 Å². The maximum Gasteiger partial charge on any atom is 0.315 e. The first kappa shape index (κ1) is 19.0. The molecule has 6 unspecified atom stereocenters. The number of carbonyl (C=O) groups excluding carboxylic acids is 2. The molecule has 2 aliphatic heterocycles. The minimum Gasteiger partial charge on any atom is -0.435 e. The number of allylic oxidation sites excluding steroid dienone is 1. The Balaban J connectivity index is 1.75. The van der Waals surface area contributed by atoms with Crippen molar-refractivity contribution in [2.75, 3.05) is 0 Å². The Morgan fingerprint density at radius 2 is 1.96 bits per heavy atom. The van der Waals surface area contributed by atoms with Crippen molar-refractivity contribution in [3.05, 3.63) is 11.1 Å². The summed E-state index contributed by atoms with van der Waals surface area (Å²) in [5, 5.41) is 0. The van der Waals surface area contributed by atoms with Crippen molar-refractivity contribution in [3.63, 3.8) is 0 Å². The average molecular weight is 376 g/mol. The molecule has 0 aromatic carbocycles. The quantitative estimate of drug-likeness (QED) is 0.529. The van der Waals surface area contributed by atoms with Crippen LogP contribution in [0.15, 0.2) is 11.1 Å². The van der Waals surface area contributed by atoms with Gasteiger partial charge in [0, 0.05) is 12.8 Å². The van der Waals surface area contributed by atoms with Crippen LogP contribution in [0.1, 0.15) is 73.1 Å². The molecular formula is C22H32O5. The van der Waals surface area contributed by atoms with Crippen LogP contribution >= 0.6 is 0 Å². The van der Waals surface area contributed by atoms with E-state index >= 15 is 0 Å². The number of hydrogen-bond acceptors (Lipinski definition) is 5. The minimum atomic E-state index is -0.617. The number of carbonyl (C=O) groups is 2. The Morgan fingerprint density at radius 1 is 1.22 bits per heavy atom. The number of ether oxygens (including phenoxy) is 3. The van der Waals surface area contributed by atoms with E-state index in [1.165, 1.54) is 37.3 Å². The normalized spacial score (nSPS) is 43.1. The van der Waals surface area contributed by atoms with Gasteiger partial charge in [0.25, 0.3) is 0 Å². The first-order valence-corrected chi connectivity index (χ1v) is 10.4. The van der Waals surface area contributed by atoms with E-state index in [-0.39, 0.29) is 35.1 Å². The Labute approximate surface area is 161 Å². The molecule has 0 aromatic heterocycles. The largest absolute Gasteiger partial charge is 0.435 e. The molecule has 150 valence electrons. The Morgan fingerprint density at radius 3 is 2.63 bits per heavy atom. The molecule has 4 rings (SSSR count). The minimum absolute atomic E-state index is 0.0210. The van der Waals surface area contributed by atoms with Crippen LogP contribution in [0.2, 0.25) is 0 Å². The molecule has 0 bridgehead atoms. The van der Waals surface area contributed by atoms with Gasteiger partial charge in [-0.05, 0) is 55.4 Å². The smallest absolute Gasteiger partial charge is 0.315 e. The molecule has 0 amide bonds. The number of rotatable bonds is 2. The van der Waals surface area contributed by atoms with Crippen molar-refractivity contribution in [2.45, 2.75) is 85.7 Å². The molecular weight excluding hydrogens is 344 g/mol. The SMILES string of the molecule is CC(=O)OC1OC2OC(=O)C(C)C3=C(C4(C)CCCC(C)(C)C4)CCC1C32. The summed E-state index contributed by atoms with van der Waals surface area (Å²) in [4.78, 5) is 24.1. The van der Waals surface area contributed by atoms with Crippen molar-refractivity contribution in [1.29, 1.82) is 0 Å². The summed E-state index contributed by atoms with van der Waals surface area (Å²) in [6, 6.07) is 0. The van der Waals surface area contributed by atoms with Gasteiger partial charge in [0.05, 0.1) is 11.8 Å². The highest BCUT2D eigenvalue weighted by Gasteiger charge is 2.58. The molecule has 27 heavy (non-hydrogen) atoms. The van der Waals surface area contributed by atoms with Crippen molar-refractivity contribution >= 4 is 11.9 Å². The Kier molecular flexibility index (Phi) is 4.45. The van der Waals surface area contributed by atoms with Gasteiger partial charge in [0.1, 0.15) is 0 Å². The zero-order chi connectivity index (χ0) is 19.6. The van der Waals surface area contributed by atoms with Crippen molar-refractivity contribution < 1.29 is 23.8 Å². The van der Waals surface area contributed by atoms with Gasteiger partial charge in [-0.1, -0.05) is 32.8 Å². The van der Waals surface area contributed by atoms with E-state index in [0.29, 0.717) is 5.41 Å². The van der Waals surface area contributed by atoms with Crippen molar-refractivity contribution in [2.24, 2.45) is 28.6 Å². The molecule has 1 saturated carbocycles. The van der Waals surface area contributed by atoms with Crippen LogP contribution in [0.5, 0.6) is 0 Å². The van der Waals surface area contributed by atoms with E-state index in [1.807, 2.05) is 6.92 Å². The van der Waals surface area contributed by atoms with E-state index in [0.717, 1.165) is 19.3 Å². The highest BCUT2D eigenvalue weighted by molar-refractivity contribution is 5.77. The number of esters is 2.